The van der Waals surface area contributed by atoms with Crippen LogP contribution in [0.25, 0.3) is 11.2 Å². The molecule has 0 aliphatic rings. The number of aromatic amines is 1. The van der Waals surface area contributed by atoms with E-state index in [1.54, 1.807) is 6.26 Å². The number of imidazole rings is 1. The molecule has 0 radical (unpaired) electrons. The molecule has 7 heteroatoms. The van der Waals surface area contributed by atoms with Crippen LogP contribution in [0, 0.1) is 4.77 Å². The molecule has 1 N–H and O–H groups in total. The van der Waals surface area contributed by atoms with Crippen molar-refractivity contribution in [1.29, 1.82) is 0 Å². The lowest BCUT2D eigenvalue weighted by atomic mass is 10.3. The standard InChI is InChI=1S/C11H18N4OS2/c1-5-8-9-10(14(3)13-8)15(11(17)12-9)6-7(2)18(4)16/h7H,5-6H2,1-4H3,(H,12,17). The largest absolute Gasteiger partial charge is 0.328 e. The average molecular weight is 286 g/mol. The van der Waals surface area contributed by atoms with E-state index in [0.29, 0.717) is 11.3 Å². The summed E-state index contributed by atoms with van der Waals surface area (Å²) in [5.41, 5.74) is 3.00. The van der Waals surface area contributed by atoms with Gasteiger partial charge in [-0.1, -0.05) is 6.92 Å². The molecule has 0 fully saturated rings. The molecule has 5 nitrogen and oxygen atoms in total. The van der Waals surface area contributed by atoms with E-state index >= 15 is 0 Å². The summed E-state index contributed by atoms with van der Waals surface area (Å²) in [6, 6.07) is 0. The van der Waals surface area contributed by atoms with Crippen molar-refractivity contribution in [1.82, 2.24) is 19.3 Å². The molecule has 0 aliphatic carbocycles. The first kappa shape index (κ1) is 13.5. The summed E-state index contributed by atoms with van der Waals surface area (Å²) < 4.78 is 16.0. The molecule has 0 saturated heterocycles. The second-order valence-electron chi connectivity index (χ2n) is 4.47. The van der Waals surface area contributed by atoms with Gasteiger partial charge in [0.1, 0.15) is 5.52 Å². The van der Waals surface area contributed by atoms with E-state index in [1.165, 1.54) is 0 Å². The molecule has 18 heavy (non-hydrogen) atoms. The van der Waals surface area contributed by atoms with E-state index < -0.39 is 10.8 Å². The highest BCUT2D eigenvalue weighted by Crippen LogP contribution is 2.19. The van der Waals surface area contributed by atoms with E-state index in [-0.39, 0.29) is 5.25 Å². The summed E-state index contributed by atoms with van der Waals surface area (Å²) in [4.78, 5) is 3.21. The maximum Gasteiger partial charge on any atom is 0.179 e. The van der Waals surface area contributed by atoms with Gasteiger partial charge >= 0.3 is 0 Å². The normalized spacial score (nSPS) is 15.1. The van der Waals surface area contributed by atoms with Gasteiger partial charge in [-0.25, -0.2) is 0 Å². The highest BCUT2D eigenvalue weighted by molar-refractivity contribution is 7.84. The van der Waals surface area contributed by atoms with Crippen LogP contribution in [0.3, 0.4) is 0 Å². The lowest BCUT2D eigenvalue weighted by Gasteiger charge is -2.10. The maximum atomic E-state index is 11.5. The number of nitrogens with one attached hydrogen (secondary N) is 1. The predicted octanol–water partition coefficient (Wildman–Crippen LogP) is 1.76. The Kier molecular flexibility index (Phi) is 3.72. The Morgan fingerprint density at radius 3 is 2.78 bits per heavy atom. The van der Waals surface area contributed by atoms with Crippen LogP contribution in [0.5, 0.6) is 0 Å². The van der Waals surface area contributed by atoms with Gasteiger partial charge in [0.25, 0.3) is 0 Å². The number of fused-ring (bicyclic) bond motifs is 1. The number of hydrogen-bond acceptors (Lipinski definition) is 3. The first-order chi connectivity index (χ1) is 8.45. The molecular weight excluding hydrogens is 268 g/mol. The average Bonchev–Trinajstić information content (AvgIpc) is 2.78. The van der Waals surface area contributed by atoms with Crippen LogP contribution in [-0.4, -0.2) is 35.0 Å². The minimum atomic E-state index is -0.858. The van der Waals surface area contributed by atoms with Gasteiger partial charge < -0.3 is 9.55 Å². The van der Waals surface area contributed by atoms with Gasteiger partial charge in [0.05, 0.1) is 5.69 Å². The molecule has 0 spiro atoms. The second-order valence-corrected chi connectivity index (χ2v) is 6.66. The van der Waals surface area contributed by atoms with Gasteiger partial charge in [-0.15, -0.1) is 0 Å². The highest BCUT2D eigenvalue weighted by atomic mass is 32.2. The van der Waals surface area contributed by atoms with Gasteiger partial charge in [-0.2, -0.15) is 5.10 Å². The molecule has 2 unspecified atom stereocenters. The molecule has 2 aromatic rings. The van der Waals surface area contributed by atoms with Crippen molar-refractivity contribution in [3.05, 3.63) is 10.5 Å². The van der Waals surface area contributed by atoms with Gasteiger partial charge in [-0.3, -0.25) is 8.89 Å². The minimum absolute atomic E-state index is 0.0654. The lowest BCUT2D eigenvalue weighted by Crippen LogP contribution is -2.18. The van der Waals surface area contributed by atoms with Crippen LogP contribution in [0.4, 0.5) is 0 Å². The molecule has 100 valence electrons. The third-order valence-electron chi connectivity index (χ3n) is 3.16. The zero-order valence-corrected chi connectivity index (χ0v) is 12.7. The number of H-pyrrole nitrogens is 1. The maximum absolute atomic E-state index is 11.5. The van der Waals surface area contributed by atoms with Gasteiger partial charge in [-0.05, 0) is 25.6 Å². The van der Waals surface area contributed by atoms with Crippen LogP contribution in [0.1, 0.15) is 19.5 Å². The summed E-state index contributed by atoms with van der Waals surface area (Å²) >= 11 is 5.35. The fourth-order valence-electron chi connectivity index (χ4n) is 2.06. The van der Waals surface area contributed by atoms with E-state index in [0.717, 1.165) is 23.3 Å². The first-order valence-electron chi connectivity index (χ1n) is 5.92. The Balaban J connectivity index is 2.57. The van der Waals surface area contributed by atoms with Crippen LogP contribution >= 0.6 is 12.2 Å². The second kappa shape index (κ2) is 4.97. The summed E-state index contributed by atoms with van der Waals surface area (Å²) in [6.45, 7) is 4.68. The van der Waals surface area contributed by atoms with E-state index in [4.69, 9.17) is 12.2 Å². The molecule has 0 bridgehead atoms. The number of nitrogens with zero attached hydrogens (tertiary/aromatic N) is 3. The van der Waals surface area contributed by atoms with Gasteiger partial charge in [0.2, 0.25) is 0 Å². The molecule has 0 aliphatic heterocycles. The Labute approximate surface area is 114 Å². The molecule has 0 aromatic carbocycles. The fourth-order valence-corrected chi connectivity index (χ4v) is 2.68. The van der Waals surface area contributed by atoms with Crippen molar-refractivity contribution in [2.45, 2.75) is 32.1 Å². The summed E-state index contributed by atoms with van der Waals surface area (Å²) in [6.07, 6.45) is 2.58. The monoisotopic (exact) mass is 286 g/mol. The van der Waals surface area contributed by atoms with Gasteiger partial charge in [0, 0.05) is 35.9 Å². The van der Waals surface area contributed by atoms with Crippen molar-refractivity contribution < 1.29 is 4.21 Å². The van der Waals surface area contributed by atoms with E-state index in [9.17, 15) is 4.21 Å². The SMILES string of the molecule is CCc1nn(C)c2c1[nH]c(=S)n2CC(C)S(C)=O. The minimum Gasteiger partial charge on any atom is -0.328 e. The van der Waals surface area contributed by atoms with Crippen LogP contribution in [0.2, 0.25) is 0 Å². The number of hydrogen-bond donors (Lipinski definition) is 1. The smallest absolute Gasteiger partial charge is 0.179 e. The van der Waals surface area contributed by atoms with Crippen molar-refractivity contribution >= 4 is 34.2 Å². The quantitative estimate of drug-likeness (QED) is 0.871. The zero-order valence-electron chi connectivity index (χ0n) is 11.1. The predicted molar refractivity (Wildman–Crippen MR) is 76.8 cm³/mol. The van der Waals surface area contributed by atoms with Crippen molar-refractivity contribution in [3.63, 3.8) is 0 Å². The Bertz CT molecular complexity index is 652. The summed E-state index contributed by atoms with van der Waals surface area (Å²) in [5, 5.41) is 4.53. The number of aryl methyl sites for hydroxylation is 2. The van der Waals surface area contributed by atoms with Crippen molar-refractivity contribution in [2.24, 2.45) is 7.05 Å². The number of aromatic nitrogens is 4. The Morgan fingerprint density at radius 2 is 2.22 bits per heavy atom. The first-order valence-corrected chi connectivity index (χ1v) is 7.95. The van der Waals surface area contributed by atoms with E-state index in [2.05, 4.69) is 17.0 Å². The molecule has 2 aromatic heterocycles. The zero-order chi connectivity index (χ0) is 13.4. The van der Waals surface area contributed by atoms with Crippen molar-refractivity contribution in [3.8, 4) is 0 Å². The third-order valence-corrected chi connectivity index (χ3v) is 4.77. The molecule has 0 amide bonds. The molecule has 2 rings (SSSR count). The topological polar surface area (TPSA) is 55.6 Å². The summed E-state index contributed by atoms with van der Waals surface area (Å²) in [5.74, 6) is 0. The number of rotatable bonds is 4. The van der Waals surface area contributed by atoms with Crippen LogP contribution < -0.4 is 0 Å². The van der Waals surface area contributed by atoms with Crippen LogP contribution in [0.15, 0.2) is 0 Å². The van der Waals surface area contributed by atoms with E-state index in [1.807, 2.05) is 23.2 Å². The fraction of sp³-hybridized carbons (Fsp3) is 0.636. The molecule has 0 saturated carbocycles. The van der Waals surface area contributed by atoms with Gasteiger partial charge in [0.15, 0.2) is 10.4 Å². The lowest BCUT2D eigenvalue weighted by molar-refractivity contribution is 0.632. The highest BCUT2D eigenvalue weighted by Gasteiger charge is 2.16. The Hall–Kier alpha value is -0.950. The Morgan fingerprint density at radius 1 is 1.56 bits per heavy atom. The molecule has 2 atom stereocenters. The van der Waals surface area contributed by atoms with Crippen LogP contribution in [-0.2, 0) is 30.8 Å². The third kappa shape index (κ3) is 2.16. The summed E-state index contributed by atoms with van der Waals surface area (Å²) in [7, 11) is 1.05. The molecule has 2 heterocycles. The molecular formula is C11H18N4OS2. The van der Waals surface area contributed by atoms with Crippen molar-refractivity contribution in [2.75, 3.05) is 6.26 Å².